The molecule has 1 rings (SSSR count). The maximum Gasteiger partial charge on any atom is 0.488 e. The largest absolute Gasteiger partial charge is 0.488 e. The molecule has 0 aromatic heterocycles. The van der Waals surface area contributed by atoms with Crippen molar-refractivity contribution in [3.63, 3.8) is 0 Å². The van der Waals surface area contributed by atoms with Crippen LogP contribution in [0.4, 0.5) is 13.2 Å². The maximum atomic E-state index is 12.8. The summed E-state index contributed by atoms with van der Waals surface area (Å²) >= 11 is 0. The number of aryl methyl sites for hydroxylation is 1. The standard InChI is InChI=1S/C9H10BF3O2/c1-2-6-5-7(10(14)15)3-4-8(6)9(11,12)13/h3-5,14-15H,2H2,1H3/i1D3,2D2. The van der Waals surface area contributed by atoms with Crippen molar-refractivity contribution in [1.82, 2.24) is 0 Å². The number of rotatable bonds is 2. The highest BCUT2D eigenvalue weighted by Gasteiger charge is 2.33. The van der Waals surface area contributed by atoms with Crippen molar-refractivity contribution >= 4 is 12.6 Å². The monoisotopic (exact) mass is 223 g/mol. The van der Waals surface area contributed by atoms with E-state index in [1.807, 2.05) is 0 Å². The molecule has 0 unspecified atom stereocenters. The first kappa shape index (κ1) is 6.55. The van der Waals surface area contributed by atoms with Gasteiger partial charge in [-0.2, -0.15) is 13.2 Å². The molecular formula is C9H10BF3O2. The van der Waals surface area contributed by atoms with E-state index in [0.29, 0.717) is 12.1 Å². The van der Waals surface area contributed by atoms with Crippen LogP contribution in [0.1, 0.15) is 24.8 Å². The SMILES string of the molecule is [2H]C([2H])([2H])C([2H])([2H])c1cc(B(O)O)ccc1C(F)(F)F. The topological polar surface area (TPSA) is 40.5 Å². The molecule has 0 atom stereocenters. The van der Waals surface area contributed by atoms with E-state index in [1.165, 1.54) is 0 Å². The van der Waals surface area contributed by atoms with Gasteiger partial charge in [-0.15, -0.1) is 0 Å². The molecule has 0 heterocycles. The lowest BCUT2D eigenvalue weighted by molar-refractivity contribution is -0.138. The molecule has 2 nitrogen and oxygen atoms in total. The van der Waals surface area contributed by atoms with Crippen LogP contribution in [0.25, 0.3) is 0 Å². The van der Waals surface area contributed by atoms with Gasteiger partial charge in [0, 0.05) is 6.85 Å². The molecule has 6 heteroatoms. The third kappa shape index (κ3) is 2.73. The van der Waals surface area contributed by atoms with Crippen LogP contribution in [0.15, 0.2) is 18.2 Å². The summed E-state index contributed by atoms with van der Waals surface area (Å²) in [6.45, 7) is -3.34. The first-order valence-corrected chi connectivity index (χ1v) is 3.86. The number of hydrogen-bond acceptors (Lipinski definition) is 2. The van der Waals surface area contributed by atoms with Crippen molar-refractivity contribution in [2.24, 2.45) is 0 Å². The highest BCUT2D eigenvalue weighted by Crippen LogP contribution is 2.31. The number of halogens is 3. The van der Waals surface area contributed by atoms with Crippen LogP contribution >= 0.6 is 0 Å². The van der Waals surface area contributed by atoms with Gasteiger partial charge in [-0.1, -0.05) is 25.1 Å². The minimum Gasteiger partial charge on any atom is -0.423 e. The number of alkyl halides is 3. The van der Waals surface area contributed by atoms with Gasteiger partial charge in [0.1, 0.15) is 0 Å². The van der Waals surface area contributed by atoms with Gasteiger partial charge in [-0.25, -0.2) is 0 Å². The third-order valence-electron chi connectivity index (χ3n) is 1.78. The average Bonchev–Trinajstić information content (AvgIpc) is 2.25. The molecule has 0 saturated carbocycles. The lowest BCUT2D eigenvalue weighted by atomic mass is 9.78. The zero-order chi connectivity index (χ0) is 15.9. The predicted molar refractivity (Wildman–Crippen MR) is 50.6 cm³/mol. The fraction of sp³-hybridized carbons (Fsp3) is 0.333. The van der Waals surface area contributed by atoms with E-state index in [-0.39, 0.29) is 0 Å². The normalized spacial score (nSPS) is 18.3. The number of hydrogen-bond donors (Lipinski definition) is 2. The van der Waals surface area contributed by atoms with Crippen LogP contribution in [-0.2, 0) is 12.5 Å². The molecule has 0 aliphatic rings. The molecule has 0 spiro atoms. The van der Waals surface area contributed by atoms with E-state index < -0.39 is 43.1 Å². The Labute approximate surface area is 92.5 Å². The van der Waals surface area contributed by atoms with E-state index in [2.05, 4.69) is 0 Å². The molecule has 0 fully saturated rings. The quantitative estimate of drug-likeness (QED) is 0.732. The highest BCUT2D eigenvalue weighted by molar-refractivity contribution is 6.58. The summed E-state index contributed by atoms with van der Waals surface area (Å²) in [5.74, 6) is 0. The van der Waals surface area contributed by atoms with Crippen LogP contribution in [0, 0.1) is 0 Å². The Morgan fingerprint density at radius 3 is 2.60 bits per heavy atom. The summed E-state index contributed by atoms with van der Waals surface area (Å²) in [6, 6.07) is 1.67. The Bertz CT molecular complexity index is 501. The average molecular weight is 223 g/mol. The first-order chi connectivity index (χ1) is 8.78. The zero-order valence-electron chi connectivity index (χ0n) is 12.3. The van der Waals surface area contributed by atoms with Gasteiger partial charge < -0.3 is 10.0 Å². The fourth-order valence-electron chi connectivity index (χ4n) is 1.07. The smallest absolute Gasteiger partial charge is 0.423 e. The lowest BCUT2D eigenvalue weighted by Crippen LogP contribution is -2.30. The van der Waals surface area contributed by atoms with Gasteiger partial charge in [0.15, 0.2) is 0 Å². The Morgan fingerprint density at radius 1 is 1.47 bits per heavy atom. The Balaban J connectivity index is 3.60. The second-order valence-electron chi connectivity index (χ2n) is 2.80. The van der Waals surface area contributed by atoms with Crippen LogP contribution in [0.2, 0.25) is 0 Å². The van der Waals surface area contributed by atoms with Crippen molar-refractivity contribution in [3.05, 3.63) is 29.3 Å². The fourth-order valence-corrected chi connectivity index (χ4v) is 1.07. The molecule has 1 aromatic carbocycles. The number of benzene rings is 1. The molecule has 0 radical (unpaired) electrons. The maximum absolute atomic E-state index is 12.8. The molecule has 1 aromatic rings. The molecule has 15 heavy (non-hydrogen) atoms. The van der Waals surface area contributed by atoms with Crippen LogP contribution in [0.3, 0.4) is 0 Å². The first-order valence-electron chi connectivity index (χ1n) is 6.36. The molecular weight excluding hydrogens is 208 g/mol. The minimum atomic E-state index is -4.97. The summed E-state index contributed by atoms with van der Waals surface area (Å²) in [4.78, 5) is 0. The second kappa shape index (κ2) is 4.24. The zero-order valence-corrected chi connectivity index (χ0v) is 7.34. The van der Waals surface area contributed by atoms with Crippen molar-refractivity contribution in [1.29, 1.82) is 0 Å². The van der Waals surface area contributed by atoms with E-state index >= 15 is 0 Å². The molecule has 0 saturated heterocycles. The second-order valence-corrected chi connectivity index (χ2v) is 2.80. The summed E-state index contributed by atoms with van der Waals surface area (Å²) in [6.07, 6.45) is -8.25. The van der Waals surface area contributed by atoms with Crippen molar-refractivity contribution < 1.29 is 30.1 Å². The molecule has 2 N–H and O–H groups in total. The molecule has 0 aliphatic carbocycles. The summed E-state index contributed by atoms with van der Waals surface area (Å²) in [5, 5.41) is 17.8. The van der Waals surface area contributed by atoms with Gasteiger partial charge in [0.2, 0.25) is 0 Å². The van der Waals surface area contributed by atoms with Crippen molar-refractivity contribution in [2.45, 2.75) is 19.4 Å². The summed E-state index contributed by atoms with van der Waals surface area (Å²) < 4.78 is 74.4. The molecule has 0 aliphatic heterocycles. The molecule has 0 amide bonds. The van der Waals surface area contributed by atoms with E-state index in [1.54, 1.807) is 0 Å². The lowest BCUT2D eigenvalue weighted by Gasteiger charge is -2.12. The van der Waals surface area contributed by atoms with E-state index in [0.717, 1.165) is 6.07 Å². The predicted octanol–water partition coefficient (Wildman–Crippen LogP) is 0.948. The van der Waals surface area contributed by atoms with Gasteiger partial charge in [-0.05, 0) is 17.4 Å². The van der Waals surface area contributed by atoms with Gasteiger partial charge in [-0.3, -0.25) is 0 Å². The molecule has 0 bridgehead atoms. The van der Waals surface area contributed by atoms with Crippen molar-refractivity contribution in [2.75, 3.05) is 0 Å². The van der Waals surface area contributed by atoms with E-state index in [9.17, 15) is 13.2 Å². The Kier molecular flexibility index (Phi) is 1.85. The minimum absolute atomic E-state index is 0.424. The Morgan fingerprint density at radius 2 is 2.13 bits per heavy atom. The van der Waals surface area contributed by atoms with Crippen LogP contribution < -0.4 is 5.46 Å². The van der Waals surface area contributed by atoms with Gasteiger partial charge in [0.25, 0.3) is 0 Å². The van der Waals surface area contributed by atoms with Gasteiger partial charge in [0.05, 0.1) is 5.56 Å². The van der Waals surface area contributed by atoms with Crippen LogP contribution in [0.5, 0.6) is 0 Å². The molecule has 82 valence electrons. The Hall–Kier alpha value is -1.01. The third-order valence-corrected chi connectivity index (χ3v) is 1.78. The summed E-state index contributed by atoms with van der Waals surface area (Å²) in [5.41, 5.74) is -3.06. The van der Waals surface area contributed by atoms with Crippen molar-refractivity contribution in [3.8, 4) is 0 Å². The highest BCUT2D eigenvalue weighted by atomic mass is 19.4. The van der Waals surface area contributed by atoms with E-state index in [4.69, 9.17) is 16.9 Å². The summed E-state index contributed by atoms with van der Waals surface area (Å²) in [7, 11) is -2.14. The van der Waals surface area contributed by atoms with Crippen LogP contribution in [-0.4, -0.2) is 17.2 Å². The van der Waals surface area contributed by atoms with Gasteiger partial charge >= 0.3 is 13.3 Å².